The van der Waals surface area contributed by atoms with Crippen LogP contribution < -0.4 is 10.2 Å². The van der Waals surface area contributed by atoms with Gasteiger partial charge in [0, 0.05) is 17.7 Å². The summed E-state index contributed by atoms with van der Waals surface area (Å²) in [6.07, 6.45) is 1.56. The van der Waals surface area contributed by atoms with E-state index in [9.17, 15) is 9.59 Å². The Morgan fingerprint density at radius 3 is 2.54 bits per heavy atom. The first-order valence-corrected chi connectivity index (χ1v) is 9.84. The minimum absolute atomic E-state index is 0.0185. The summed E-state index contributed by atoms with van der Waals surface area (Å²) in [4.78, 5) is 26.6. The largest absolute Gasteiger partial charge is 0.469 e. The number of nitrogens with one attached hydrogen (secondary N) is 2. The summed E-state index contributed by atoms with van der Waals surface area (Å²) in [7, 11) is 1.43. The molecule has 1 saturated heterocycles. The molecule has 1 fully saturated rings. The third-order valence-electron chi connectivity index (χ3n) is 4.90. The van der Waals surface area contributed by atoms with Crippen LogP contribution in [-0.2, 0) is 14.3 Å². The fourth-order valence-corrected chi connectivity index (χ4v) is 4.27. The summed E-state index contributed by atoms with van der Waals surface area (Å²) in [6, 6.07) is 14.0. The van der Waals surface area contributed by atoms with Gasteiger partial charge in [-0.05, 0) is 17.0 Å². The predicted octanol–water partition coefficient (Wildman–Crippen LogP) is 1.42. The smallest absolute Gasteiger partial charge is 0.309 e. The second-order valence-electron chi connectivity index (χ2n) is 6.65. The lowest BCUT2D eigenvalue weighted by Crippen LogP contribution is -3.14. The van der Waals surface area contributed by atoms with Crippen molar-refractivity contribution in [2.24, 2.45) is 5.92 Å². The van der Waals surface area contributed by atoms with Crippen LogP contribution >= 0.6 is 11.3 Å². The average Bonchev–Trinajstić information content (AvgIpc) is 3.21. The van der Waals surface area contributed by atoms with Crippen molar-refractivity contribution >= 4 is 23.2 Å². The molecule has 1 atom stereocenters. The molecule has 0 bridgehead atoms. The number of thiophene rings is 1. The van der Waals surface area contributed by atoms with E-state index in [2.05, 4.69) is 11.4 Å². The molecule has 5 nitrogen and oxygen atoms in total. The highest BCUT2D eigenvalue weighted by Gasteiger charge is 2.29. The van der Waals surface area contributed by atoms with Gasteiger partial charge in [0.15, 0.2) is 6.54 Å². The molecule has 0 radical (unpaired) electrons. The molecule has 1 aliphatic rings. The summed E-state index contributed by atoms with van der Waals surface area (Å²) < 4.78 is 4.82. The number of amides is 1. The minimum atomic E-state index is -0.129. The van der Waals surface area contributed by atoms with E-state index >= 15 is 0 Å². The molecular weight excluding hydrogens is 348 g/mol. The third-order valence-corrected chi connectivity index (χ3v) is 5.84. The fraction of sp³-hybridized carbons (Fsp3) is 0.400. The predicted molar refractivity (Wildman–Crippen MR) is 101 cm³/mol. The maximum absolute atomic E-state index is 12.6. The SMILES string of the molecule is COC(=O)C1CC[NH+](CC(=O)N[C@H](c2ccccc2)c2cccs2)CC1. The number of piperidine rings is 1. The van der Waals surface area contributed by atoms with Gasteiger partial charge in [0.1, 0.15) is 0 Å². The summed E-state index contributed by atoms with van der Waals surface area (Å²) in [5.41, 5.74) is 1.09. The maximum Gasteiger partial charge on any atom is 0.309 e. The molecule has 3 rings (SSSR count). The van der Waals surface area contributed by atoms with E-state index in [1.807, 2.05) is 41.8 Å². The first-order valence-electron chi connectivity index (χ1n) is 8.96. The highest BCUT2D eigenvalue weighted by molar-refractivity contribution is 7.10. The highest BCUT2D eigenvalue weighted by Crippen LogP contribution is 2.25. The van der Waals surface area contributed by atoms with E-state index in [1.165, 1.54) is 12.0 Å². The Morgan fingerprint density at radius 1 is 1.19 bits per heavy atom. The van der Waals surface area contributed by atoms with Crippen molar-refractivity contribution in [2.45, 2.75) is 18.9 Å². The molecule has 1 amide bonds. The minimum Gasteiger partial charge on any atom is -0.469 e. The molecule has 138 valence electrons. The second kappa shape index (κ2) is 8.96. The molecule has 0 aliphatic carbocycles. The third kappa shape index (κ3) is 4.71. The zero-order valence-corrected chi connectivity index (χ0v) is 15.8. The van der Waals surface area contributed by atoms with Gasteiger partial charge in [-0.15, -0.1) is 11.3 Å². The van der Waals surface area contributed by atoms with Crippen LogP contribution in [0.1, 0.15) is 29.3 Å². The lowest BCUT2D eigenvalue weighted by atomic mass is 9.97. The zero-order chi connectivity index (χ0) is 18.4. The first-order chi connectivity index (χ1) is 12.7. The van der Waals surface area contributed by atoms with E-state index < -0.39 is 0 Å². The van der Waals surface area contributed by atoms with Gasteiger partial charge in [-0.25, -0.2) is 0 Å². The van der Waals surface area contributed by atoms with Gasteiger partial charge in [0.05, 0.1) is 32.2 Å². The number of methoxy groups -OCH3 is 1. The molecule has 0 saturated carbocycles. The van der Waals surface area contributed by atoms with Crippen LogP contribution in [0.4, 0.5) is 0 Å². The normalized spacial score (nSPS) is 21.0. The Bertz CT molecular complexity index is 710. The Hall–Kier alpha value is -2.18. The van der Waals surface area contributed by atoms with Crippen LogP contribution in [-0.4, -0.2) is 38.6 Å². The Labute approximate surface area is 158 Å². The molecule has 2 heterocycles. The van der Waals surface area contributed by atoms with E-state index in [1.54, 1.807) is 11.3 Å². The van der Waals surface area contributed by atoms with Gasteiger partial charge in [0.2, 0.25) is 0 Å². The number of quaternary nitrogens is 1. The quantitative estimate of drug-likeness (QED) is 0.753. The van der Waals surface area contributed by atoms with E-state index in [0.717, 1.165) is 36.4 Å². The van der Waals surface area contributed by atoms with Gasteiger partial charge >= 0.3 is 5.97 Å². The topological polar surface area (TPSA) is 59.8 Å². The van der Waals surface area contributed by atoms with E-state index in [4.69, 9.17) is 4.74 Å². The fourth-order valence-electron chi connectivity index (χ4n) is 3.46. The van der Waals surface area contributed by atoms with Crippen molar-refractivity contribution in [3.63, 3.8) is 0 Å². The summed E-state index contributed by atoms with van der Waals surface area (Å²) in [5, 5.41) is 5.22. The van der Waals surface area contributed by atoms with E-state index in [-0.39, 0.29) is 23.8 Å². The molecule has 26 heavy (non-hydrogen) atoms. The Morgan fingerprint density at radius 2 is 1.92 bits per heavy atom. The molecule has 2 aromatic rings. The highest BCUT2D eigenvalue weighted by atomic mass is 32.1. The molecule has 1 aromatic carbocycles. The average molecular weight is 373 g/mol. The number of esters is 1. The number of likely N-dealkylation sites (tertiary alicyclic amines) is 1. The van der Waals surface area contributed by atoms with Crippen molar-refractivity contribution in [2.75, 3.05) is 26.7 Å². The van der Waals surface area contributed by atoms with Crippen molar-refractivity contribution < 1.29 is 19.2 Å². The zero-order valence-electron chi connectivity index (χ0n) is 14.9. The van der Waals surface area contributed by atoms with Gasteiger partial charge < -0.3 is 15.0 Å². The lowest BCUT2D eigenvalue weighted by Gasteiger charge is -2.28. The van der Waals surface area contributed by atoms with Crippen LogP contribution in [0, 0.1) is 5.92 Å². The van der Waals surface area contributed by atoms with Crippen LogP contribution in [0.3, 0.4) is 0 Å². The van der Waals surface area contributed by atoms with Crippen molar-refractivity contribution in [1.29, 1.82) is 0 Å². The summed E-state index contributed by atoms with van der Waals surface area (Å²) in [5.74, 6) is -0.107. The van der Waals surface area contributed by atoms with Gasteiger partial charge in [-0.2, -0.15) is 0 Å². The number of benzene rings is 1. The van der Waals surface area contributed by atoms with Gasteiger partial charge in [0.25, 0.3) is 5.91 Å². The van der Waals surface area contributed by atoms with Crippen LogP contribution in [0.15, 0.2) is 47.8 Å². The second-order valence-corrected chi connectivity index (χ2v) is 7.63. The Balaban J connectivity index is 1.58. The van der Waals surface area contributed by atoms with Crippen molar-refractivity contribution in [1.82, 2.24) is 5.32 Å². The van der Waals surface area contributed by atoms with Gasteiger partial charge in [-0.3, -0.25) is 9.59 Å². The summed E-state index contributed by atoms with van der Waals surface area (Å²) in [6.45, 7) is 2.08. The molecular formula is C20H25N2O3S+. The number of rotatable bonds is 6. The molecule has 1 aliphatic heterocycles. The molecule has 2 N–H and O–H groups in total. The van der Waals surface area contributed by atoms with Crippen LogP contribution in [0.25, 0.3) is 0 Å². The lowest BCUT2D eigenvalue weighted by molar-refractivity contribution is -0.897. The maximum atomic E-state index is 12.6. The number of hydrogen-bond donors (Lipinski definition) is 2. The van der Waals surface area contributed by atoms with Crippen LogP contribution in [0.2, 0.25) is 0 Å². The number of carbonyl (C=O) groups is 2. The molecule has 0 unspecified atom stereocenters. The number of ether oxygens (including phenoxy) is 1. The van der Waals surface area contributed by atoms with Gasteiger partial charge in [-0.1, -0.05) is 36.4 Å². The van der Waals surface area contributed by atoms with Crippen LogP contribution in [0.5, 0.6) is 0 Å². The Kier molecular flexibility index (Phi) is 6.41. The monoisotopic (exact) mass is 373 g/mol. The molecule has 1 aromatic heterocycles. The standard InChI is InChI=1S/C20H24N2O3S/c1-25-20(24)16-9-11-22(12-10-16)14-18(23)21-19(17-8-5-13-26-17)15-6-3-2-4-7-15/h2-8,13,16,19H,9-12,14H2,1H3,(H,21,23)/p+1/t19-/m1/s1. The summed E-state index contributed by atoms with van der Waals surface area (Å²) >= 11 is 1.65. The number of carbonyl (C=O) groups excluding carboxylic acids is 2. The van der Waals surface area contributed by atoms with Crippen molar-refractivity contribution in [3.8, 4) is 0 Å². The van der Waals surface area contributed by atoms with E-state index in [0.29, 0.717) is 6.54 Å². The molecule has 0 spiro atoms. The number of hydrogen-bond acceptors (Lipinski definition) is 4. The first kappa shape index (κ1) is 18.6. The van der Waals surface area contributed by atoms with Crippen molar-refractivity contribution in [3.05, 3.63) is 58.3 Å². The molecule has 6 heteroatoms.